The van der Waals surface area contributed by atoms with E-state index in [2.05, 4.69) is 31.9 Å². The van der Waals surface area contributed by atoms with Crippen molar-refractivity contribution in [2.75, 3.05) is 0 Å². The Bertz CT molecular complexity index is 295. The third-order valence-corrected chi connectivity index (χ3v) is 4.36. The Kier molecular flexibility index (Phi) is 3.72. The van der Waals surface area contributed by atoms with E-state index in [1.807, 2.05) is 6.07 Å². The average molecular weight is 322 g/mol. The van der Waals surface area contributed by atoms with E-state index in [0.717, 1.165) is 10.2 Å². The zero-order valence-corrected chi connectivity index (χ0v) is 11.2. The maximum Gasteiger partial charge on any atom is 0.121 e. The van der Waals surface area contributed by atoms with E-state index in [1.54, 1.807) is 6.26 Å². The molecule has 1 aromatic rings. The first-order valence-corrected chi connectivity index (χ1v) is 6.85. The predicted octanol–water partition coefficient (Wildman–Crippen LogP) is 4.85. The van der Waals surface area contributed by atoms with E-state index in [9.17, 15) is 0 Å². The fourth-order valence-corrected chi connectivity index (χ4v) is 3.44. The maximum absolute atomic E-state index is 5.54. The van der Waals surface area contributed by atoms with Gasteiger partial charge in [0, 0.05) is 10.7 Å². The van der Waals surface area contributed by atoms with Gasteiger partial charge in [-0.3, -0.25) is 0 Å². The SMILES string of the molecule is Brc1ccoc1C1CCCCC(Br)C1. The Morgan fingerprint density at radius 1 is 1.29 bits per heavy atom. The molecule has 1 saturated carbocycles. The van der Waals surface area contributed by atoms with Crippen molar-refractivity contribution in [3.05, 3.63) is 22.6 Å². The Morgan fingerprint density at radius 3 is 2.79 bits per heavy atom. The van der Waals surface area contributed by atoms with Gasteiger partial charge in [-0.1, -0.05) is 28.8 Å². The number of furan rings is 1. The minimum atomic E-state index is 0.589. The lowest BCUT2D eigenvalue weighted by Gasteiger charge is -2.13. The van der Waals surface area contributed by atoms with Gasteiger partial charge in [0.25, 0.3) is 0 Å². The molecule has 1 nitrogen and oxygen atoms in total. The molecule has 1 aliphatic carbocycles. The van der Waals surface area contributed by atoms with Crippen molar-refractivity contribution in [2.24, 2.45) is 0 Å². The van der Waals surface area contributed by atoms with Crippen LogP contribution in [0.5, 0.6) is 0 Å². The van der Waals surface area contributed by atoms with Crippen molar-refractivity contribution in [1.29, 1.82) is 0 Å². The van der Waals surface area contributed by atoms with Crippen LogP contribution >= 0.6 is 31.9 Å². The van der Waals surface area contributed by atoms with Crippen molar-refractivity contribution in [2.45, 2.75) is 42.8 Å². The van der Waals surface area contributed by atoms with Crippen LogP contribution in [0, 0.1) is 0 Å². The number of alkyl halides is 1. The van der Waals surface area contributed by atoms with Crippen molar-refractivity contribution in [3.63, 3.8) is 0 Å². The van der Waals surface area contributed by atoms with E-state index >= 15 is 0 Å². The summed E-state index contributed by atoms with van der Waals surface area (Å²) in [5, 5.41) is 0. The zero-order valence-electron chi connectivity index (χ0n) is 8.01. The third-order valence-electron chi connectivity index (χ3n) is 2.88. The van der Waals surface area contributed by atoms with Gasteiger partial charge in [0.15, 0.2) is 0 Å². The summed E-state index contributed by atoms with van der Waals surface area (Å²) in [6.45, 7) is 0. The molecule has 1 heterocycles. The summed E-state index contributed by atoms with van der Waals surface area (Å²) in [6.07, 6.45) is 8.19. The maximum atomic E-state index is 5.54. The molecule has 0 amide bonds. The molecule has 1 fully saturated rings. The van der Waals surface area contributed by atoms with Crippen LogP contribution in [0.4, 0.5) is 0 Å². The highest BCUT2D eigenvalue weighted by molar-refractivity contribution is 9.10. The number of halogens is 2. The predicted molar refractivity (Wildman–Crippen MR) is 64.9 cm³/mol. The Morgan fingerprint density at radius 2 is 2.07 bits per heavy atom. The second-order valence-corrected chi connectivity index (χ2v) is 6.10. The van der Waals surface area contributed by atoms with Gasteiger partial charge in [0.2, 0.25) is 0 Å². The van der Waals surface area contributed by atoms with E-state index < -0.39 is 0 Å². The Hall–Kier alpha value is 0.240. The summed E-state index contributed by atoms with van der Waals surface area (Å²) in [5.74, 6) is 1.72. The smallest absolute Gasteiger partial charge is 0.121 e. The van der Waals surface area contributed by atoms with E-state index in [1.165, 1.54) is 32.1 Å². The van der Waals surface area contributed by atoms with Crippen LogP contribution in [0.3, 0.4) is 0 Å². The van der Waals surface area contributed by atoms with Gasteiger partial charge in [-0.05, 0) is 41.3 Å². The zero-order chi connectivity index (χ0) is 9.97. The first kappa shape index (κ1) is 10.7. The summed E-state index contributed by atoms with van der Waals surface area (Å²) >= 11 is 7.27. The third kappa shape index (κ3) is 2.43. The summed E-state index contributed by atoms with van der Waals surface area (Å²) in [7, 11) is 0. The fraction of sp³-hybridized carbons (Fsp3) is 0.636. The van der Waals surface area contributed by atoms with Crippen LogP contribution in [0.25, 0.3) is 0 Å². The van der Waals surface area contributed by atoms with Gasteiger partial charge in [0.1, 0.15) is 5.76 Å². The molecule has 2 unspecified atom stereocenters. The molecule has 0 aliphatic heterocycles. The summed E-state index contributed by atoms with van der Waals surface area (Å²) in [4.78, 5) is 0.659. The molecular weight excluding hydrogens is 308 g/mol. The fourth-order valence-electron chi connectivity index (χ4n) is 2.14. The van der Waals surface area contributed by atoms with E-state index in [4.69, 9.17) is 4.42 Å². The molecule has 0 bridgehead atoms. The normalized spacial score (nSPS) is 28.7. The van der Waals surface area contributed by atoms with Gasteiger partial charge in [-0.15, -0.1) is 0 Å². The number of rotatable bonds is 1. The molecular formula is C11H14Br2O. The van der Waals surface area contributed by atoms with Crippen LogP contribution in [-0.4, -0.2) is 4.83 Å². The molecule has 0 radical (unpaired) electrons. The Balaban J connectivity index is 2.13. The van der Waals surface area contributed by atoms with Gasteiger partial charge < -0.3 is 4.42 Å². The van der Waals surface area contributed by atoms with Gasteiger partial charge in [0.05, 0.1) is 10.7 Å². The van der Waals surface area contributed by atoms with Gasteiger partial charge in [-0.25, -0.2) is 0 Å². The van der Waals surface area contributed by atoms with Gasteiger partial charge >= 0.3 is 0 Å². The van der Waals surface area contributed by atoms with Crippen LogP contribution in [0.1, 0.15) is 43.8 Å². The molecule has 3 heteroatoms. The standard InChI is InChI=1S/C11H14Br2O/c12-9-4-2-1-3-8(7-9)11-10(13)5-6-14-11/h5-6,8-9H,1-4,7H2. The summed E-state index contributed by atoms with van der Waals surface area (Å²) in [5.41, 5.74) is 0. The highest BCUT2D eigenvalue weighted by Gasteiger charge is 2.23. The minimum Gasteiger partial charge on any atom is -0.468 e. The molecule has 0 saturated heterocycles. The highest BCUT2D eigenvalue weighted by atomic mass is 79.9. The number of hydrogen-bond acceptors (Lipinski definition) is 1. The molecule has 0 N–H and O–H groups in total. The first-order chi connectivity index (χ1) is 6.77. The van der Waals surface area contributed by atoms with E-state index in [0.29, 0.717) is 10.7 Å². The van der Waals surface area contributed by atoms with Crippen LogP contribution in [-0.2, 0) is 0 Å². The molecule has 1 aromatic heterocycles. The molecule has 0 aromatic carbocycles. The van der Waals surface area contributed by atoms with Crippen molar-refractivity contribution in [3.8, 4) is 0 Å². The molecule has 0 spiro atoms. The minimum absolute atomic E-state index is 0.589. The molecule has 2 atom stereocenters. The first-order valence-electron chi connectivity index (χ1n) is 5.14. The molecule has 2 rings (SSSR count). The molecule has 78 valence electrons. The van der Waals surface area contributed by atoms with Gasteiger partial charge in [-0.2, -0.15) is 0 Å². The monoisotopic (exact) mass is 320 g/mol. The van der Waals surface area contributed by atoms with Crippen LogP contribution in [0.2, 0.25) is 0 Å². The topological polar surface area (TPSA) is 13.1 Å². The van der Waals surface area contributed by atoms with Crippen LogP contribution in [0.15, 0.2) is 21.2 Å². The summed E-state index contributed by atoms with van der Waals surface area (Å²) in [6, 6.07) is 1.99. The second-order valence-electron chi connectivity index (χ2n) is 3.95. The molecule has 14 heavy (non-hydrogen) atoms. The lowest BCUT2D eigenvalue weighted by atomic mass is 9.98. The van der Waals surface area contributed by atoms with E-state index in [-0.39, 0.29) is 0 Å². The molecule has 1 aliphatic rings. The quantitative estimate of drug-likeness (QED) is 0.532. The van der Waals surface area contributed by atoms with Crippen molar-refractivity contribution in [1.82, 2.24) is 0 Å². The Labute approximate surface area is 102 Å². The van der Waals surface area contributed by atoms with Crippen molar-refractivity contribution < 1.29 is 4.42 Å². The lowest BCUT2D eigenvalue weighted by Crippen LogP contribution is -2.03. The second kappa shape index (κ2) is 4.84. The average Bonchev–Trinajstić information content (AvgIpc) is 2.45. The highest BCUT2D eigenvalue weighted by Crippen LogP contribution is 2.37. The number of hydrogen-bond donors (Lipinski definition) is 0. The largest absolute Gasteiger partial charge is 0.468 e. The lowest BCUT2D eigenvalue weighted by molar-refractivity contribution is 0.434. The van der Waals surface area contributed by atoms with Crippen LogP contribution < -0.4 is 0 Å². The van der Waals surface area contributed by atoms with Crippen molar-refractivity contribution >= 4 is 31.9 Å². The summed E-state index contributed by atoms with van der Waals surface area (Å²) < 4.78 is 6.67.